The molecule has 0 N–H and O–H groups in total. The Morgan fingerprint density at radius 3 is 2.00 bits per heavy atom. The Labute approximate surface area is 110 Å². The summed E-state index contributed by atoms with van der Waals surface area (Å²) < 4.78 is 21.4. The average molecular weight is 276 g/mol. The van der Waals surface area contributed by atoms with E-state index in [2.05, 4.69) is 0 Å². The van der Waals surface area contributed by atoms with Crippen molar-refractivity contribution in [2.45, 2.75) is 50.7 Å². The fourth-order valence-corrected chi connectivity index (χ4v) is 4.29. The van der Waals surface area contributed by atoms with Gasteiger partial charge in [-0.25, -0.2) is 0 Å². The van der Waals surface area contributed by atoms with E-state index < -0.39 is 14.3 Å². The van der Waals surface area contributed by atoms with Crippen molar-refractivity contribution in [3.8, 4) is 0 Å². The van der Waals surface area contributed by atoms with Gasteiger partial charge in [-0.3, -0.25) is 4.79 Å². The van der Waals surface area contributed by atoms with Crippen molar-refractivity contribution in [3.63, 3.8) is 0 Å². The Kier molecular flexibility index (Phi) is 6.27. The quantitative estimate of drug-likeness (QED) is 0.549. The van der Waals surface area contributed by atoms with Crippen molar-refractivity contribution in [2.75, 3.05) is 21.3 Å². The second-order valence-electron chi connectivity index (χ2n) is 4.63. The summed E-state index contributed by atoms with van der Waals surface area (Å²) in [6.07, 6.45) is 5.46. The molecule has 1 rings (SSSR count). The molecule has 0 aliphatic heterocycles. The van der Waals surface area contributed by atoms with Crippen LogP contribution in [0.5, 0.6) is 0 Å². The third-order valence-electron chi connectivity index (χ3n) is 3.57. The molecule has 0 saturated heterocycles. The molecule has 1 unspecified atom stereocenters. The zero-order valence-electron chi connectivity index (χ0n) is 11.7. The number of rotatable bonds is 6. The lowest BCUT2D eigenvalue weighted by atomic mass is 9.98. The number of hydrogen-bond donors (Lipinski definition) is 0. The summed E-state index contributed by atoms with van der Waals surface area (Å²) in [7, 11) is 1.57. The van der Waals surface area contributed by atoms with Crippen molar-refractivity contribution >= 4 is 14.8 Å². The number of esters is 1. The van der Waals surface area contributed by atoms with E-state index in [-0.39, 0.29) is 12.1 Å². The highest BCUT2D eigenvalue weighted by Crippen LogP contribution is 2.28. The van der Waals surface area contributed by atoms with Gasteiger partial charge in [0.2, 0.25) is 0 Å². The highest BCUT2D eigenvalue weighted by atomic mass is 28.4. The van der Waals surface area contributed by atoms with Gasteiger partial charge in [-0.1, -0.05) is 6.42 Å². The first-order chi connectivity index (χ1) is 8.59. The largest absolute Gasteiger partial charge is 0.514 e. The van der Waals surface area contributed by atoms with Crippen molar-refractivity contribution in [1.82, 2.24) is 0 Å². The molecule has 18 heavy (non-hydrogen) atoms. The van der Waals surface area contributed by atoms with Crippen molar-refractivity contribution < 1.29 is 22.8 Å². The van der Waals surface area contributed by atoms with Gasteiger partial charge in [-0.2, -0.15) is 0 Å². The molecule has 0 aromatic heterocycles. The van der Waals surface area contributed by atoms with Crippen molar-refractivity contribution in [3.05, 3.63) is 0 Å². The second kappa shape index (κ2) is 7.23. The number of carbonyl (C=O) groups is 1. The minimum atomic E-state index is -2.94. The SMILES string of the molecule is CO[Si](OC)(OC)C(C)C(=O)OC1CCCCC1. The monoisotopic (exact) mass is 276 g/mol. The van der Waals surface area contributed by atoms with Gasteiger partial charge in [0.25, 0.3) is 0 Å². The van der Waals surface area contributed by atoms with Crippen LogP contribution >= 0.6 is 0 Å². The van der Waals surface area contributed by atoms with Crippen molar-refractivity contribution in [2.24, 2.45) is 0 Å². The van der Waals surface area contributed by atoms with Crippen LogP contribution in [0.2, 0.25) is 5.54 Å². The summed E-state index contributed by atoms with van der Waals surface area (Å²) >= 11 is 0. The molecule has 106 valence electrons. The Bertz CT molecular complexity index is 253. The molecule has 0 heterocycles. The lowest BCUT2D eigenvalue weighted by Gasteiger charge is -2.30. The summed E-state index contributed by atoms with van der Waals surface area (Å²) in [5.74, 6) is -0.279. The van der Waals surface area contributed by atoms with Gasteiger partial charge < -0.3 is 18.0 Å². The van der Waals surface area contributed by atoms with E-state index in [1.54, 1.807) is 6.92 Å². The number of carbonyl (C=O) groups excluding carboxylic acids is 1. The maximum absolute atomic E-state index is 12.1. The van der Waals surface area contributed by atoms with Gasteiger partial charge in [-0.05, 0) is 32.6 Å². The van der Waals surface area contributed by atoms with Crippen LogP contribution in [0.25, 0.3) is 0 Å². The summed E-state index contributed by atoms with van der Waals surface area (Å²) in [5, 5.41) is 0. The first kappa shape index (κ1) is 15.6. The zero-order chi connectivity index (χ0) is 13.6. The first-order valence-corrected chi connectivity index (χ1v) is 8.25. The molecular formula is C12H24O5Si. The van der Waals surface area contributed by atoms with Crippen LogP contribution in [0, 0.1) is 0 Å². The van der Waals surface area contributed by atoms with Gasteiger partial charge in [-0.15, -0.1) is 0 Å². The molecule has 5 nitrogen and oxygen atoms in total. The van der Waals surface area contributed by atoms with Crippen LogP contribution < -0.4 is 0 Å². The minimum absolute atomic E-state index is 0.0472. The zero-order valence-corrected chi connectivity index (χ0v) is 12.7. The third kappa shape index (κ3) is 3.54. The molecule has 1 aliphatic rings. The average Bonchev–Trinajstić information content (AvgIpc) is 2.42. The molecule has 1 aliphatic carbocycles. The second-order valence-corrected chi connectivity index (χ2v) is 7.93. The molecule has 0 spiro atoms. The van der Waals surface area contributed by atoms with E-state index >= 15 is 0 Å². The first-order valence-electron chi connectivity index (χ1n) is 6.45. The van der Waals surface area contributed by atoms with Crippen LogP contribution in [0.4, 0.5) is 0 Å². The van der Waals surface area contributed by atoms with Gasteiger partial charge in [0.05, 0.1) is 0 Å². The summed E-state index contributed by atoms with van der Waals surface area (Å²) in [5.41, 5.74) is -0.501. The fraction of sp³-hybridized carbons (Fsp3) is 0.917. The third-order valence-corrected chi connectivity index (χ3v) is 6.58. The summed E-state index contributed by atoms with van der Waals surface area (Å²) in [6, 6.07) is 0. The number of hydrogen-bond acceptors (Lipinski definition) is 5. The van der Waals surface area contributed by atoms with E-state index in [1.165, 1.54) is 27.8 Å². The highest BCUT2D eigenvalue weighted by Gasteiger charge is 2.50. The predicted molar refractivity (Wildman–Crippen MR) is 69.2 cm³/mol. The maximum Gasteiger partial charge on any atom is 0.514 e. The molecule has 0 aromatic carbocycles. The molecular weight excluding hydrogens is 252 g/mol. The van der Waals surface area contributed by atoms with E-state index in [4.69, 9.17) is 18.0 Å². The Morgan fingerprint density at radius 2 is 1.56 bits per heavy atom. The molecule has 1 fully saturated rings. The Morgan fingerprint density at radius 1 is 1.06 bits per heavy atom. The molecule has 1 saturated carbocycles. The molecule has 0 amide bonds. The highest BCUT2D eigenvalue weighted by molar-refractivity contribution is 6.65. The van der Waals surface area contributed by atoms with Gasteiger partial charge in [0, 0.05) is 21.3 Å². The fourth-order valence-electron chi connectivity index (χ4n) is 2.37. The van der Waals surface area contributed by atoms with Gasteiger partial charge >= 0.3 is 14.8 Å². The van der Waals surface area contributed by atoms with Crippen LogP contribution in [0.15, 0.2) is 0 Å². The molecule has 1 atom stereocenters. The van der Waals surface area contributed by atoms with E-state index in [1.807, 2.05) is 0 Å². The van der Waals surface area contributed by atoms with E-state index in [0.717, 1.165) is 25.7 Å². The molecule has 0 radical (unpaired) electrons. The van der Waals surface area contributed by atoms with Crippen LogP contribution in [-0.4, -0.2) is 42.2 Å². The molecule has 0 bridgehead atoms. The van der Waals surface area contributed by atoms with Crippen LogP contribution in [0.1, 0.15) is 39.0 Å². The lowest BCUT2D eigenvalue weighted by molar-refractivity contribution is -0.151. The number of ether oxygens (including phenoxy) is 1. The maximum atomic E-state index is 12.1. The summed E-state index contributed by atoms with van der Waals surface area (Å²) in [6.45, 7) is 1.74. The van der Waals surface area contributed by atoms with E-state index in [0.29, 0.717) is 0 Å². The lowest BCUT2D eigenvalue weighted by Crippen LogP contribution is -2.50. The molecule has 0 aromatic rings. The normalized spacial score (nSPS) is 19.6. The molecule has 6 heteroatoms. The topological polar surface area (TPSA) is 54.0 Å². The minimum Gasteiger partial charge on any atom is -0.462 e. The van der Waals surface area contributed by atoms with Crippen molar-refractivity contribution in [1.29, 1.82) is 0 Å². The Hall–Kier alpha value is -0.433. The smallest absolute Gasteiger partial charge is 0.462 e. The van der Waals surface area contributed by atoms with Gasteiger partial charge in [0.1, 0.15) is 11.6 Å². The Balaban J connectivity index is 2.58. The standard InChI is InChI=1S/C12H24O5Si/c1-10(18(14-2,15-3)16-4)12(13)17-11-8-6-5-7-9-11/h10-11H,5-9H2,1-4H3. The summed E-state index contributed by atoms with van der Waals surface area (Å²) in [4.78, 5) is 12.1. The van der Waals surface area contributed by atoms with E-state index in [9.17, 15) is 4.79 Å². The van der Waals surface area contributed by atoms with Crippen LogP contribution in [-0.2, 0) is 22.8 Å². The predicted octanol–water partition coefficient (Wildman–Crippen LogP) is 2.13. The van der Waals surface area contributed by atoms with Gasteiger partial charge in [0.15, 0.2) is 0 Å². The van der Waals surface area contributed by atoms with Crippen LogP contribution in [0.3, 0.4) is 0 Å².